The fourth-order valence-corrected chi connectivity index (χ4v) is 0.904. The van der Waals surface area contributed by atoms with E-state index in [-0.39, 0.29) is 17.0 Å². The van der Waals surface area contributed by atoms with E-state index in [4.69, 9.17) is 16.0 Å². The molecule has 0 aliphatic heterocycles. The van der Waals surface area contributed by atoms with Gasteiger partial charge in [-0.2, -0.15) is 4.98 Å². The molecule has 13 heavy (non-hydrogen) atoms. The van der Waals surface area contributed by atoms with E-state index in [0.29, 0.717) is 12.3 Å². The SMILES string of the molecule is CCCNC(=O)c1nc(Cl)c(C)o1. The molecular formula is C8H11ClN2O2. The number of rotatable bonds is 3. The molecule has 0 unspecified atom stereocenters. The first-order valence-corrected chi connectivity index (χ1v) is 4.44. The van der Waals surface area contributed by atoms with Gasteiger partial charge in [0.1, 0.15) is 5.76 Å². The lowest BCUT2D eigenvalue weighted by Crippen LogP contribution is -2.24. The minimum atomic E-state index is -0.322. The summed E-state index contributed by atoms with van der Waals surface area (Å²) in [6.07, 6.45) is 0.874. The highest BCUT2D eigenvalue weighted by atomic mass is 35.5. The van der Waals surface area contributed by atoms with E-state index in [1.807, 2.05) is 6.92 Å². The average Bonchev–Trinajstić information content (AvgIpc) is 2.43. The zero-order valence-corrected chi connectivity index (χ0v) is 8.31. The van der Waals surface area contributed by atoms with E-state index in [0.717, 1.165) is 6.42 Å². The molecule has 5 heteroatoms. The molecule has 0 radical (unpaired) electrons. The topological polar surface area (TPSA) is 55.1 Å². The molecule has 0 saturated heterocycles. The number of oxazole rings is 1. The third kappa shape index (κ3) is 2.45. The van der Waals surface area contributed by atoms with E-state index in [1.165, 1.54) is 0 Å². The number of nitrogens with one attached hydrogen (secondary N) is 1. The predicted molar refractivity (Wildman–Crippen MR) is 48.9 cm³/mol. The third-order valence-electron chi connectivity index (χ3n) is 1.47. The maximum Gasteiger partial charge on any atom is 0.307 e. The number of hydrogen-bond acceptors (Lipinski definition) is 3. The van der Waals surface area contributed by atoms with Crippen LogP contribution < -0.4 is 5.32 Å². The van der Waals surface area contributed by atoms with Crippen LogP contribution in [0, 0.1) is 6.92 Å². The van der Waals surface area contributed by atoms with Crippen molar-refractivity contribution in [2.24, 2.45) is 0 Å². The van der Waals surface area contributed by atoms with Gasteiger partial charge in [-0.25, -0.2) is 0 Å². The Kier molecular flexibility index (Phi) is 3.31. The first-order chi connectivity index (χ1) is 6.15. The van der Waals surface area contributed by atoms with E-state index in [1.54, 1.807) is 6.92 Å². The maximum atomic E-state index is 11.2. The number of nitrogens with zero attached hydrogens (tertiary/aromatic N) is 1. The second-order valence-electron chi connectivity index (χ2n) is 2.62. The van der Waals surface area contributed by atoms with E-state index < -0.39 is 0 Å². The van der Waals surface area contributed by atoms with Crippen LogP contribution in [0.15, 0.2) is 4.42 Å². The summed E-state index contributed by atoms with van der Waals surface area (Å²) in [4.78, 5) is 15.0. The van der Waals surface area contributed by atoms with Gasteiger partial charge >= 0.3 is 5.91 Å². The highest BCUT2D eigenvalue weighted by Gasteiger charge is 2.14. The molecule has 1 amide bonds. The molecule has 1 heterocycles. The number of carbonyl (C=O) groups excluding carboxylic acids is 1. The van der Waals surface area contributed by atoms with Gasteiger partial charge in [0.15, 0.2) is 5.15 Å². The molecule has 0 saturated carbocycles. The van der Waals surface area contributed by atoms with Gasteiger partial charge in [0.2, 0.25) is 0 Å². The minimum absolute atomic E-state index is 0.0240. The zero-order chi connectivity index (χ0) is 9.84. The summed E-state index contributed by atoms with van der Waals surface area (Å²) in [6.45, 7) is 4.23. The largest absolute Gasteiger partial charge is 0.436 e. The fourth-order valence-electron chi connectivity index (χ4n) is 0.789. The molecular weight excluding hydrogens is 192 g/mol. The second-order valence-corrected chi connectivity index (χ2v) is 2.98. The highest BCUT2D eigenvalue weighted by molar-refractivity contribution is 6.30. The second kappa shape index (κ2) is 4.28. The summed E-state index contributed by atoms with van der Waals surface area (Å²) in [7, 11) is 0. The molecule has 4 nitrogen and oxygen atoms in total. The van der Waals surface area contributed by atoms with Crippen molar-refractivity contribution in [1.29, 1.82) is 0 Å². The van der Waals surface area contributed by atoms with Gasteiger partial charge in [0.05, 0.1) is 0 Å². The zero-order valence-electron chi connectivity index (χ0n) is 7.56. The van der Waals surface area contributed by atoms with Crippen LogP contribution in [0.2, 0.25) is 5.15 Å². The van der Waals surface area contributed by atoms with E-state index in [9.17, 15) is 4.79 Å². The number of aryl methyl sites for hydroxylation is 1. The van der Waals surface area contributed by atoms with Crippen LogP contribution in [-0.2, 0) is 0 Å². The van der Waals surface area contributed by atoms with Crippen molar-refractivity contribution < 1.29 is 9.21 Å². The molecule has 1 N–H and O–H groups in total. The number of halogens is 1. The van der Waals surface area contributed by atoms with Gasteiger partial charge in [-0.3, -0.25) is 4.79 Å². The van der Waals surface area contributed by atoms with E-state index >= 15 is 0 Å². The molecule has 1 aromatic rings. The molecule has 0 aliphatic carbocycles. The van der Waals surface area contributed by atoms with E-state index in [2.05, 4.69) is 10.3 Å². The normalized spacial score (nSPS) is 10.1. The van der Waals surface area contributed by atoms with Crippen molar-refractivity contribution in [1.82, 2.24) is 10.3 Å². The Morgan fingerprint density at radius 3 is 2.85 bits per heavy atom. The Hall–Kier alpha value is -1.03. The highest BCUT2D eigenvalue weighted by Crippen LogP contribution is 2.14. The van der Waals surface area contributed by atoms with Crippen LogP contribution in [0.4, 0.5) is 0 Å². The molecule has 0 spiro atoms. The lowest BCUT2D eigenvalue weighted by atomic mass is 10.4. The van der Waals surface area contributed by atoms with Crippen molar-refractivity contribution in [3.05, 3.63) is 16.8 Å². The van der Waals surface area contributed by atoms with Crippen LogP contribution in [0.25, 0.3) is 0 Å². The third-order valence-corrected chi connectivity index (χ3v) is 1.82. The van der Waals surface area contributed by atoms with Gasteiger partial charge in [0.25, 0.3) is 5.89 Å². The number of hydrogen-bond donors (Lipinski definition) is 1. The van der Waals surface area contributed by atoms with Crippen LogP contribution in [0.1, 0.15) is 29.8 Å². The van der Waals surface area contributed by atoms with Crippen molar-refractivity contribution in [2.45, 2.75) is 20.3 Å². The summed E-state index contributed by atoms with van der Waals surface area (Å²) in [5, 5.41) is 2.87. The smallest absolute Gasteiger partial charge is 0.307 e. The van der Waals surface area contributed by atoms with Crippen LogP contribution in [0.5, 0.6) is 0 Å². The standard InChI is InChI=1S/C8H11ClN2O2/c1-3-4-10-7(12)8-11-6(9)5(2)13-8/h3-4H2,1-2H3,(H,10,12). The molecule has 0 atom stereocenters. The summed E-state index contributed by atoms with van der Waals surface area (Å²) in [5.74, 6) is 0.163. The maximum absolute atomic E-state index is 11.2. The first-order valence-electron chi connectivity index (χ1n) is 4.06. The molecule has 1 aromatic heterocycles. The van der Waals surface area contributed by atoms with Gasteiger partial charge in [-0.15, -0.1) is 0 Å². The van der Waals surface area contributed by atoms with Gasteiger partial charge in [-0.05, 0) is 13.3 Å². The van der Waals surface area contributed by atoms with Crippen LogP contribution >= 0.6 is 11.6 Å². The molecule has 0 aromatic carbocycles. The first kappa shape index (κ1) is 10.1. The summed E-state index contributed by atoms with van der Waals surface area (Å²) in [6, 6.07) is 0. The lowest BCUT2D eigenvalue weighted by Gasteiger charge is -1.97. The molecule has 0 bridgehead atoms. The fraction of sp³-hybridized carbons (Fsp3) is 0.500. The lowest BCUT2D eigenvalue weighted by molar-refractivity contribution is 0.0917. The van der Waals surface area contributed by atoms with Crippen molar-refractivity contribution in [3.63, 3.8) is 0 Å². The summed E-state index contributed by atoms with van der Waals surface area (Å²) < 4.78 is 5.02. The monoisotopic (exact) mass is 202 g/mol. The van der Waals surface area contributed by atoms with Gasteiger partial charge in [0, 0.05) is 6.54 Å². The quantitative estimate of drug-likeness (QED) is 0.813. The number of aromatic nitrogens is 1. The number of carbonyl (C=O) groups is 1. The molecule has 0 fully saturated rings. The van der Waals surface area contributed by atoms with Crippen LogP contribution in [-0.4, -0.2) is 17.4 Å². The Morgan fingerprint density at radius 2 is 2.38 bits per heavy atom. The average molecular weight is 203 g/mol. The van der Waals surface area contributed by atoms with Gasteiger partial charge in [-0.1, -0.05) is 18.5 Å². The van der Waals surface area contributed by atoms with Crippen molar-refractivity contribution >= 4 is 17.5 Å². The minimum Gasteiger partial charge on any atom is -0.436 e. The Labute approximate surface area is 81.3 Å². The summed E-state index contributed by atoms with van der Waals surface area (Å²) >= 11 is 5.62. The molecule has 1 rings (SSSR count). The Bertz CT molecular complexity index is 290. The van der Waals surface area contributed by atoms with Gasteiger partial charge < -0.3 is 9.73 Å². The predicted octanol–water partition coefficient (Wildman–Crippen LogP) is 1.78. The van der Waals surface area contributed by atoms with Crippen molar-refractivity contribution in [2.75, 3.05) is 6.54 Å². The van der Waals surface area contributed by atoms with Crippen molar-refractivity contribution in [3.8, 4) is 0 Å². The molecule has 0 aliphatic rings. The Balaban J connectivity index is 2.66. The number of amides is 1. The molecule has 72 valence electrons. The summed E-state index contributed by atoms with van der Waals surface area (Å²) in [5.41, 5.74) is 0. The van der Waals surface area contributed by atoms with Crippen LogP contribution in [0.3, 0.4) is 0 Å². The Morgan fingerprint density at radius 1 is 1.69 bits per heavy atom.